The highest BCUT2D eigenvalue weighted by molar-refractivity contribution is 6.08. The van der Waals surface area contributed by atoms with Crippen molar-refractivity contribution in [2.45, 2.75) is 19.1 Å². The highest BCUT2D eigenvalue weighted by Crippen LogP contribution is 2.28. The molecule has 0 radical (unpaired) electrons. The number of esters is 1. The molecule has 0 bridgehead atoms. The molecule has 1 saturated heterocycles. The highest BCUT2D eigenvalue weighted by atomic mass is 16.5. The van der Waals surface area contributed by atoms with Gasteiger partial charge in [-0.25, -0.2) is 4.79 Å². The summed E-state index contributed by atoms with van der Waals surface area (Å²) in [5.41, 5.74) is 0.511. The molecule has 1 fully saturated rings. The Kier molecular flexibility index (Phi) is 4.90. The van der Waals surface area contributed by atoms with Crippen LogP contribution in [-0.4, -0.2) is 29.4 Å². The third kappa shape index (κ3) is 3.65. The minimum absolute atomic E-state index is 0.0477. The van der Waals surface area contributed by atoms with Crippen LogP contribution < -0.4 is 5.32 Å². The van der Waals surface area contributed by atoms with Crippen LogP contribution in [-0.2, 0) is 26.5 Å². The maximum atomic E-state index is 12.7. The molecule has 7 heteroatoms. The van der Waals surface area contributed by atoms with E-state index in [0.29, 0.717) is 16.7 Å². The molecule has 2 aromatic rings. The van der Waals surface area contributed by atoms with Crippen LogP contribution in [0.2, 0.25) is 0 Å². The quantitative estimate of drug-likeness (QED) is 0.647. The summed E-state index contributed by atoms with van der Waals surface area (Å²) in [6.07, 6.45) is 0. The molecule has 1 aliphatic heterocycles. The first-order valence-corrected chi connectivity index (χ1v) is 8.28. The molecular weight excluding hydrogens is 346 g/mol. The second kappa shape index (κ2) is 7.30. The maximum Gasteiger partial charge on any atom is 0.326 e. The minimum Gasteiger partial charge on any atom is -0.459 e. The van der Waals surface area contributed by atoms with Gasteiger partial charge in [0.25, 0.3) is 5.91 Å². The van der Waals surface area contributed by atoms with Crippen LogP contribution in [0.1, 0.15) is 23.6 Å². The van der Waals surface area contributed by atoms with Crippen LogP contribution in [0.5, 0.6) is 0 Å². The molecule has 0 aliphatic carbocycles. The van der Waals surface area contributed by atoms with Gasteiger partial charge in [0.15, 0.2) is 0 Å². The van der Waals surface area contributed by atoms with Gasteiger partial charge in [0.1, 0.15) is 18.7 Å². The predicted octanol–water partition coefficient (Wildman–Crippen LogP) is 2.07. The molecule has 1 atom stereocenters. The van der Waals surface area contributed by atoms with Gasteiger partial charge in [-0.15, -0.1) is 0 Å². The molecule has 0 aromatic heterocycles. The van der Waals surface area contributed by atoms with E-state index >= 15 is 0 Å². The van der Waals surface area contributed by atoms with Gasteiger partial charge in [-0.2, -0.15) is 5.26 Å². The number of benzene rings is 2. The number of nitriles is 1. The van der Waals surface area contributed by atoms with Crippen LogP contribution in [0.25, 0.3) is 0 Å². The lowest BCUT2D eigenvalue weighted by Gasteiger charge is -2.21. The van der Waals surface area contributed by atoms with Crippen LogP contribution in [0.4, 0.5) is 4.79 Å². The zero-order valence-corrected chi connectivity index (χ0v) is 14.6. The third-order valence-corrected chi connectivity index (χ3v) is 4.37. The van der Waals surface area contributed by atoms with Crippen molar-refractivity contribution in [3.05, 3.63) is 71.3 Å². The summed E-state index contributed by atoms with van der Waals surface area (Å²) in [6.45, 7) is 1.07. The number of rotatable bonds is 5. The van der Waals surface area contributed by atoms with Crippen molar-refractivity contribution >= 4 is 17.9 Å². The molecule has 136 valence electrons. The summed E-state index contributed by atoms with van der Waals surface area (Å²) in [4.78, 5) is 37.9. The molecular formula is C20H17N3O4. The van der Waals surface area contributed by atoms with Gasteiger partial charge in [0, 0.05) is 0 Å². The van der Waals surface area contributed by atoms with E-state index in [1.165, 1.54) is 0 Å². The lowest BCUT2D eigenvalue weighted by molar-refractivity contribution is -0.148. The lowest BCUT2D eigenvalue weighted by atomic mass is 9.92. The number of carbonyl (C=O) groups excluding carboxylic acids is 3. The Morgan fingerprint density at radius 2 is 1.93 bits per heavy atom. The van der Waals surface area contributed by atoms with Crippen molar-refractivity contribution < 1.29 is 19.1 Å². The number of urea groups is 1. The summed E-state index contributed by atoms with van der Waals surface area (Å²) in [6, 6.07) is 16.8. The fraction of sp³-hybridized carbons (Fsp3) is 0.200. The van der Waals surface area contributed by atoms with Gasteiger partial charge < -0.3 is 10.1 Å². The second-order valence-electron chi connectivity index (χ2n) is 6.29. The van der Waals surface area contributed by atoms with Crippen molar-refractivity contribution in [3.63, 3.8) is 0 Å². The topological polar surface area (TPSA) is 99.5 Å². The number of carbonyl (C=O) groups is 3. The Labute approximate surface area is 156 Å². The van der Waals surface area contributed by atoms with Crippen molar-refractivity contribution in [1.29, 1.82) is 5.26 Å². The van der Waals surface area contributed by atoms with E-state index in [2.05, 4.69) is 5.32 Å². The molecule has 1 N–H and O–H groups in total. The fourth-order valence-electron chi connectivity index (χ4n) is 2.88. The number of amides is 3. The third-order valence-electron chi connectivity index (χ3n) is 4.37. The van der Waals surface area contributed by atoms with Crippen LogP contribution in [0.15, 0.2) is 54.6 Å². The summed E-state index contributed by atoms with van der Waals surface area (Å²) in [5.74, 6) is -1.22. The van der Waals surface area contributed by atoms with Gasteiger partial charge >= 0.3 is 12.0 Å². The number of hydrogen-bond donors (Lipinski definition) is 1. The zero-order chi connectivity index (χ0) is 19.4. The molecule has 0 spiro atoms. The molecule has 0 unspecified atom stereocenters. The Morgan fingerprint density at radius 1 is 1.19 bits per heavy atom. The van der Waals surface area contributed by atoms with E-state index < -0.39 is 30.0 Å². The largest absolute Gasteiger partial charge is 0.459 e. The molecule has 1 aliphatic rings. The Bertz CT molecular complexity index is 936. The smallest absolute Gasteiger partial charge is 0.326 e. The first kappa shape index (κ1) is 18.1. The Morgan fingerprint density at radius 3 is 2.63 bits per heavy atom. The van der Waals surface area contributed by atoms with Gasteiger partial charge in [0.05, 0.1) is 11.6 Å². The van der Waals surface area contributed by atoms with E-state index in [4.69, 9.17) is 10.00 Å². The van der Waals surface area contributed by atoms with Crippen molar-refractivity contribution in [2.75, 3.05) is 6.54 Å². The zero-order valence-electron chi connectivity index (χ0n) is 14.6. The summed E-state index contributed by atoms with van der Waals surface area (Å²) in [5, 5.41) is 11.5. The maximum absolute atomic E-state index is 12.7. The van der Waals surface area contributed by atoms with Crippen LogP contribution >= 0.6 is 0 Å². The molecule has 3 rings (SSSR count). The van der Waals surface area contributed by atoms with Crippen LogP contribution in [0, 0.1) is 11.3 Å². The second-order valence-corrected chi connectivity index (χ2v) is 6.29. The molecule has 3 amide bonds. The first-order valence-electron chi connectivity index (χ1n) is 8.28. The monoisotopic (exact) mass is 363 g/mol. The van der Waals surface area contributed by atoms with E-state index in [9.17, 15) is 14.4 Å². The highest BCUT2D eigenvalue weighted by Gasteiger charge is 2.49. The number of nitrogens with one attached hydrogen (secondary N) is 1. The molecule has 1 heterocycles. The van der Waals surface area contributed by atoms with E-state index in [1.807, 2.05) is 12.1 Å². The van der Waals surface area contributed by atoms with E-state index in [1.54, 1.807) is 55.5 Å². The number of imide groups is 1. The average Bonchev–Trinajstić information content (AvgIpc) is 2.91. The number of hydrogen-bond acceptors (Lipinski definition) is 5. The Balaban J connectivity index is 1.65. The number of nitrogens with zero attached hydrogens (tertiary/aromatic N) is 2. The van der Waals surface area contributed by atoms with Crippen molar-refractivity contribution in [2.24, 2.45) is 0 Å². The van der Waals surface area contributed by atoms with Crippen molar-refractivity contribution in [1.82, 2.24) is 10.2 Å². The molecule has 2 aromatic carbocycles. The van der Waals surface area contributed by atoms with Crippen LogP contribution in [0.3, 0.4) is 0 Å². The first-order chi connectivity index (χ1) is 12.9. The molecule has 0 saturated carbocycles. The normalized spacial score (nSPS) is 18.7. The van der Waals surface area contributed by atoms with Gasteiger partial charge in [-0.1, -0.05) is 42.5 Å². The summed E-state index contributed by atoms with van der Waals surface area (Å²) >= 11 is 0. The molecule has 7 nitrogen and oxygen atoms in total. The average molecular weight is 363 g/mol. The predicted molar refractivity (Wildman–Crippen MR) is 95.0 cm³/mol. The minimum atomic E-state index is -1.22. The van der Waals surface area contributed by atoms with E-state index in [0.717, 1.165) is 4.90 Å². The van der Waals surface area contributed by atoms with E-state index in [-0.39, 0.29) is 6.61 Å². The standard InChI is InChI=1S/C20H17N3O4/c1-20(16-8-3-2-4-9-16)18(25)23(19(26)22-20)12-17(24)27-13-15-7-5-6-14(10-15)11-21/h2-10H,12-13H2,1H3,(H,22,26)/t20-/m0/s1. The Hall–Kier alpha value is -3.66. The lowest BCUT2D eigenvalue weighted by Crippen LogP contribution is -2.41. The van der Waals surface area contributed by atoms with Crippen molar-refractivity contribution in [3.8, 4) is 6.07 Å². The number of ether oxygens (including phenoxy) is 1. The van der Waals surface area contributed by atoms with Gasteiger partial charge in [-0.05, 0) is 30.2 Å². The fourth-order valence-corrected chi connectivity index (χ4v) is 2.88. The van der Waals surface area contributed by atoms with Gasteiger partial charge in [-0.3, -0.25) is 14.5 Å². The SMILES string of the molecule is C[C@@]1(c2ccccc2)NC(=O)N(CC(=O)OCc2cccc(C#N)c2)C1=O. The summed E-state index contributed by atoms with van der Waals surface area (Å²) < 4.78 is 5.14. The van der Waals surface area contributed by atoms with Gasteiger partial charge in [0.2, 0.25) is 0 Å². The summed E-state index contributed by atoms with van der Waals surface area (Å²) in [7, 11) is 0. The molecule has 27 heavy (non-hydrogen) atoms.